The normalized spacial score (nSPS) is 22.3. The highest BCUT2D eigenvalue weighted by Gasteiger charge is 2.31. The van der Waals surface area contributed by atoms with Crippen molar-refractivity contribution < 1.29 is 5.21 Å². The number of pyridine rings is 1. The van der Waals surface area contributed by atoms with Gasteiger partial charge in [0.1, 0.15) is 0 Å². The molecule has 94 valence electrons. The van der Waals surface area contributed by atoms with Gasteiger partial charge in [-0.3, -0.25) is 4.98 Å². The SMILES string of the molecule is O/N=C\[C@@]1(c2nccc3ccccc23)C=CC=CC1. The van der Waals surface area contributed by atoms with Crippen molar-refractivity contribution in [3.63, 3.8) is 0 Å². The summed E-state index contributed by atoms with van der Waals surface area (Å²) in [4.78, 5) is 4.53. The van der Waals surface area contributed by atoms with E-state index in [0.717, 1.165) is 22.9 Å². The number of benzene rings is 1. The highest BCUT2D eigenvalue weighted by Crippen LogP contribution is 2.34. The molecule has 0 fully saturated rings. The van der Waals surface area contributed by atoms with Crippen molar-refractivity contribution in [1.82, 2.24) is 4.98 Å². The van der Waals surface area contributed by atoms with Crippen molar-refractivity contribution in [2.24, 2.45) is 5.16 Å². The van der Waals surface area contributed by atoms with E-state index in [1.165, 1.54) is 0 Å². The van der Waals surface area contributed by atoms with Crippen LogP contribution >= 0.6 is 0 Å². The number of nitrogens with zero attached hydrogens (tertiary/aromatic N) is 2. The van der Waals surface area contributed by atoms with E-state index in [0.29, 0.717) is 0 Å². The van der Waals surface area contributed by atoms with Crippen LogP contribution in [-0.2, 0) is 5.41 Å². The van der Waals surface area contributed by atoms with Crippen molar-refractivity contribution >= 4 is 17.0 Å². The molecule has 1 atom stereocenters. The van der Waals surface area contributed by atoms with E-state index in [1.807, 2.05) is 36.4 Å². The van der Waals surface area contributed by atoms with Gasteiger partial charge in [-0.1, -0.05) is 48.6 Å². The summed E-state index contributed by atoms with van der Waals surface area (Å²) in [5.41, 5.74) is 0.452. The van der Waals surface area contributed by atoms with Crippen LogP contribution < -0.4 is 0 Å². The summed E-state index contributed by atoms with van der Waals surface area (Å²) in [6.45, 7) is 0. The predicted molar refractivity (Wildman–Crippen MR) is 76.6 cm³/mol. The molecule has 0 bridgehead atoms. The molecule has 1 aliphatic rings. The summed E-state index contributed by atoms with van der Waals surface area (Å²) in [5.74, 6) is 0. The average molecular weight is 250 g/mol. The molecule has 0 saturated carbocycles. The van der Waals surface area contributed by atoms with Gasteiger partial charge < -0.3 is 5.21 Å². The number of oxime groups is 1. The number of allylic oxidation sites excluding steroid dienone is 4. The first-order chi connectivity index (χ1) is 9.36. The topological polar surface area (TPSA) is 45.5 Å². The third-order valence-electron chi connectivity index (χ3n) is 3.50. The third-order valence-corrected chi connectivity index (χ3v) is 3.50. The Kier molecular flexibility index (Phi) is 2.88. The Labute approximate surface area is 111 Å². The molecule has 2 aromatic rings. The summed E-state index contributed by atoms with van der Waals surface area (Å²) >= 11 is 0. The van der Waals surface area contributed by atoms with Crippen LogP contribution in [0.15, 0.2) is 66.0 Å². The largest absolute Gasteiger partial charge is 0.411 e. The minimum atomic E-state index is -0.468. The van der Waals surface area contributed by atoms with Crippen molar-refractivity contribution in [2.75, 3.05) is 0 Å². The van der Waals surface area contributed by atoms with Crippen LogP contribution in [0.25, 0.3) is 10.8 Å². The van der Waals surface area contributed by atoms with Crippen molar-refractivity contribution in [3.05, 3.63) is 66.5 Å². The molecule has 3 nitrogen and oxygen atoms in total. The molecule has 3 heteroatoms. The van der Waals surface area contributed by atoms with Crippen molar-refractivity contribution in [3.8, 4) is 0 Å². The standard InChI is InChI=1S/C16H14N2O/c19-18-12-16(9-4-1-5-10-16)15-14-7-3-2-6-13(14)8-11-17-15/h1-9,11-12,19H,10H2/b18-12-/t16-/m1/s1. The van der Waals surface area contributed by atoms with Gasteiger partial charge in [-0.15, -0.1) is 5.16 Å². The first-order valence-corrected chi connectivity index (χ1v) is 6.23. The lowest BCUT2D eigenvalue weighted by Crippen LogP contribution is -2.27. The number of hydrogen-bond acceptors (Lipinski definition) is 3. The lowest BCUT2D eigenvalue weighted by Gasteiger charge is -2.27. The molecule has 0 amide bonds. The molecule has 0 radical (unpaired) electrons. The monoisotopic (exact) mass is 250 g/mol. The molecule has 19 heavy (non-hydrogen) atoms. The summed E-state index contributed by atoms with van der Waals surface area (Å²) < 4.78 is 0. The maximum Gasteiger partial charge on any atom is 0.0734 e. The molecule has 1 heterocycles. The molecule has 1 aromatic carbocycles. The van der Waals surface area contributed by atoms with Gasteiger partial charge in [-0.2, -0.15) is 0 Å². The molecule has 1 aliphatic carbocycles. The Balaban J connectivity index is 2.27. The van der Waals surface area contributed by atoms with Gasteiger partial charge in [0.25, 0.3) is 0 Å². The number of aromatic nitrogens is 1. The van der Waals surface area contributed by atoms with Crippen LogP contribution in [0, 0.1) is 0 Å². The Morgan fingerprint density at radius 3 is 2.89 bits per heavy atom. The predicted octanol–water partition coefficient (Wildman–Crippen LogP) is 3.45. The van der Waals surface area contributed by atoms with Gasteiger partial charge in [0.05, 0.1) is 17.3 Å². The molecule has 0 spiro atoms. The van der Waals surface area contributed by atoms with E-state index in [9.17, 15) is 0 Å². The van der Waals surface area contributed by atoms with Gasteiger partial charge in [-0.25, -0.2) is 0 Å². The van der Waals surface area contributed by atoms with Crippen LogP contribution in [0.5, 0.6) is 0 Å². The molecular weight excluding hydrogens is 236 g/mol. The maximum absolute atomic E-state index is 9.00. The second kappa shape index (κ2) is 4.69. The first-order valence-electron chi connectivity index (χ1n) is 6.23. The van der Waals surface area contributed by atoms with Crippen LogP contribution in [0.1, 0.15) is 12.1 Å². The quantitative estimate of drug-likeness (QED) is 0.504. The summed E-state index contributed by atoms with van der Waals surface area (Å²) in [6, 6.07) is 10.1. The summed E-state index contributed by atoms with van der Waals surface area (Å²) in [5, 5.41) is 14.5. The molecule has 1 aromatic heterocycles. The highest BCUT2D eigenvalue weighted by molar-refractivity contribution is 5.90. The second-order valence-corrected chi connectivity index (χ2v) is 4.66. The van der Waals surface area contributed by atoms with E-state index in [-0.39, 0.29) is 0 Å². The Morgan fingerprint density at radius 1 is 1.21 bits per heavy atom. The van der Waals surface area contributed by atoms with E-state index < -0.39 is 5.41 Å². The zero-order valence-electron chi connectivity index (χ0n) is 10.4. The molecular formula is C16H14N2O. The van der Waals surface area contributed by atoms with Gasteiger partial charge in [-0.05, 0) is 17.9 Å². The lowest BCUT2D eigenvalue weighted by atomic mass is 9.78. The minimum Gasteiger partial charge on any atom is -0.411 e. The number of rotatable bonds is 2. The fraction of sp³-hybridized carbons (Fsp3) is 0.125. The van der Waals surface area contributed by atoms with E-state index >= 15 is 0 Å². The van der Waals surface area contributed by atoms with Gasteiger partial charge in [0.2, 0.25) is 0 Å². The highest BCUT2D eigenvalue weighted by atomic mass is 16.4. The third kappa shape index (κ3) is 1.93. The maximum atomic E-state index is 9.00. The van der Waals surface area contributed by atoms with Crippen LogP contribution in [0.4, 0.5) is 0 Å². The second-order valence-electron chi connectivity index (χ2n) is 4.66. The number of hydrogen-bond donors (Lipinski definition) is 1. The van der Waals surface area contributed by atoms with Gasteiger partial charge in [0, 0.05) is 11.6 Å². The first kappa shape index (κ1) is 11.7. The fourth-order valence-corrected chi connectivity index (χ4v) is 2.56. The van der Waals surface area contributed by atoms with Gasteiger partial charge >= 0.3 is 0 Å². The zero-order valence-corrected chi connectivity index (χ0v) is 10.4. The summed E-state index contributed by atoms with van der Waals surface area (Å²) in [7, 11) is 0. The Bertz CT molecular complexity index is 683. The van der Waals surface area contributed by atoms with Crippen LogP contribution in [0.3, 0.4) is 0 Å². The zero-order chi connectivity index (χ0) is 13.1. The Morgan fingerprint density at radius 2 is 2.11 bits per heavy atom. The van der Waals surface area contributed by atoms with Crippen LogP contribution in [-0.4, -0.2) is 16.4 Å². The van der Waals surface area contributed by atoms with E-state index in [1.54, 1.807) is 12.4 Å². The Hall–Kier alpha value is -2.42. The lowest BCUT2D eigenvalue weighted by molar-refractivity contribution is 0.318. The average Bonchev–Trinajstić information content (AvgIpc) is 2.48. The fourth-order valence-electron chi connectivity index (χ4n) is 2.56. The van der Waals surface area contributed by atoms with E-state index in [2.05, 4.69) is 28.3 Å². The molecule has 0 unspecified atom stereocenters. The summed E-state index contributed by atoms with van der Waals surface area (Å²) in [6.07, 6.45) is 12.2. The van der Waals surface area contributed by atoms with Crippen molar-refractivity contribution in [2.45, 2.75) is 11.8 Å². The smallest absolute Gasteiger partial charge is 0.0734 e. The minimum absolute atomic E-state index is 0.468. The molecule has 1 N–H and O–H groups in total. The van der Waals surface area contributed by atoms with Crippen LogP contribution in [0.2, 0.25) is 0 Å². The van der Waals surface area contributed by atoms with Crippen molar-refractivity contribution in [1.29, 1.82) is 0 Å². The van der Waals surface area contributed by atoms with E-state index in [4.69, 9.17) is 5.21 Å². The molecule has 3 rings (SSSR count). The molecule has 0 aliphatic heterocycles. The molecule has 0 saturated heterocycles. The van der Waals surface area contributed by atoms with Gasteiger partial charge in [0.15, 0.2) is 0 Å². The number of fused-ring (bicyclic) bond motifs is 1.